The van der Waals surface area contributed by atoms with E-state index in [1.165, 1.54) is 5.57 Å². The van der Waals surface area contributed by atoms with Gasteiger partial charge in [-0.3, -0.25) is 0 Å². The van der Waals surface area contributed by atoms with Gasteiger partial charge in [0.25, 0.3) is 0 Å². The van der Waals surface area contributed by atoms with Crippen LogP contribution in [0.25, 0.3) is 0 Å². The van der Waals surface area contributed by atoms with E-state index in [9.17, 15) is 9.59 Å². The Kier molecular flexibility index (Phi) is 4.29. The van der Waals surface area contributed by atoms with Gasteiger partial charge in [-0.25, -0.2) is 9.59 Å². The maximum Gasteiger partial charge on any atom is 0.339 e. The summed E-state index contributed by atoms with van der Waals surface area (Å²) in [4.78, 5) is 25.8. The van der Waals surface area contributed by atoms with Crippen LogP contribution in [-0.4, -0.2) is 18.0 Å². The average Bonchev–Trinajstić information content (AvgIpc) is 3.19. The van der Waals surface area contributed by atoms with Crippen LogP contribution in [0.15, 0.2) is 34.6 Å². The fourth-order valence-corrected chi connectivity index (χ4v) is 6.63. The Morgan fingerprint density at radius 1 is 1.18 bits per heavy atom. The second-order valence-corrected chi connectivity index (χ2v) is 9.16. The minimum Gasteiger partial charge on any atom is -0.454 e. The minimum absolute atomic E-state index is 0.0474. The summed E-state index contributed by atoms with van der Waals surface area (Å²) in [5.74, 6) is 1.37. The van der Waals surface area contributed by atoms with Crippen LogP contribution in [0.2, 0.25) is 0 Å². The Balaban J connectivity index is 1.63. The predicted octanol–water partition coefficient (Wildman–Crippen LogP) is 5.00. The topological polar surface area (TPSA) is 52.6 Å². The van der Waals surface area contributed by atoms with Gasteiger partial charge in [-0.2, -0.15) is 0 Å². The Morgan fingerprint density at radius 2 is 2.04 bits per heavy atom. The lowest BCUT2D eigenvalue weighted by Gasteiger charge is -2.54. The van der Waals surface area contributed by atoms with E-state index in [0.717, 1.165) is 74.7 Å². The van der Waals surface area contributed by atoms with Gasteiger partial charge in [-0.05, 0) is 68.4 Å². The molecule has 1 spiro atoms. The first-order valence-corrected chi connectivity index (χ1v) is 11.2. The molecular formula is C24H30O4. The lowest BCUT2D eigenvalue weighted by molar-refractivity contribution is -0.141. The zero-order chi connectivity index (χ0) is 19.5. The first-order chi connectivity index (χ1) is 13.6. The third-order valence-electron chi connectivity index (χ3n) is 7.80. The van der Waals surface area contributed by atoms with Gasteiger partial charge in [0.05, 0.1) is 5.41 Å². The molecule has 6 rings (SSSR count). The number of carbonyl (C=O) groups excluding carboxylic acids is 2. The van der Waals surface area contributed by atoms with Crippen molar-refractivity contribution >= 4 is 11.9 Å². The molecule has 6 aliphatic rings. The summed E-state index contributed by atoms with van der Waals surface area (Å²) in [5.41, 5.74) is 2.54. The van der Waals surface area contributed by atoms with Crippen molar-refractivity contribution in [2.75, 3.05) is 0 Å². The Bertz CT molecular complexity index is 816. The molecule has 1 saturated carbocycles. The number of rotatable bonds is 5. The minimum atomic E-state index is -0.425. The van der Waals surface area contributed by atoms with E-state index in [-0.39, 0.29) is 24.0 Å². The molecule has 28 heavy (non-hydrogen) atoms. The Labute approximate surface area is 167 Å². The van der Waals surface area contributed by atoms with Crippen molar-refractivity contribution in [3.05, 3.63) is 34.6 Å². The zero-order valence-corrected chi connectivity index (χ0v) is 17.0. The summed E-state index contributed by atoms with van der Waals surface area (Å²) in [6.45, 7) is 4.31. The Morgan fingerprint density at radius 3 is 2.82 bits per heavy atom. The molecule has 1 saturated heterocycles. The summed E-state index contributed by atoms with van der Waals surface area (Å²) in [5, 5.41) is 0. The highest BCUT2D eigenvalue weighted by Crippen LogP contribution is 2.68. The maximum absolute atomic E-state index is 13.1. The number of ether oxygens (including phenoxy) is 2. The fraction of sp³-hybridized carbons (Fsp3) is 0.667. The van der Waals surface area contributed by atoms with Gasteiger partial charge < -0.3 is 9.47 Å². The van der Waals surface area contributed by atoms with Gasteiger partial charge >= 0.3 is 11.9 Å². The molecule has 0 radical (unpaired) electrons. The van der Waals surface area contributed by atoms with E-state index in [2.05, 4.69) is 26.0 Å². The maximum atomic E-state index is 13.1. The van der Waals surface area contributed by atoms with Gasteiger partial charge in [0.1, 0.15) is 11.9 Å². The molecule has 4 unspecified atom stereocenters. The van der Waals surface area contributed by atoms with Crippen molar-refractivity contribution in [1.82, 2.24) is 0 Å². The van der Waals surface area contributed by atoms with Gasteiger partial charge in [-0.1, -0.05) is 32.8 Å². The molecule has 4 nitrogen and oxygen atoms in total. The number of carbonyl (C=O) groups is 2. The average molecular weight is 383 g/mol. The lowest BCUT2D eigenvalue weighted by Crippen LogP contribution is -2.50. The van der Waals surface area contributed by atoms with Crippen LogP contribution in [0.5, 0.6) is 0 Å². The number of esters is 2. The molecule has 0 N–H and O–H groups in total. The molecule has 0 aromatic rings. The molecule has 2 aliphatic heterocycles. The van der Waals surface area contributed by atoms with Crippen molar-refractivity contribution in [3.8, 4) is 0 Å². The number of allylic oxidation sites excluding steroid dienone is 3. The van der Waals surface area contributed by atoms with E-state index < -0.39 is 5.41 Å². The van der Waals surface area contributed by atoms with Gasteiger partial charge in [0.2, 0.25) is 0 Å². The molecule has 2 bridgehead atoms. The van der Waals surface area contributed by atoms with Crippen LogP contribution >= 0.6 is 0 Å². The molecule has 2 fully saturated rings. The number of hydrogen-bond donors (Lipinski definition) is 0. The van der Waals surface area contributed by atoms with E-state index in [1.54, 1.807) is 0 Å². The second kappa shape index (κ2) is 6.60. The van der Waals surface area contributed by atoms with E-state index in [4.69, 9.17) is 9.47 Å². The summed E-state index contributed by atoms with van der Waals surface area (Å²) in [6, 6.07) is 0. The molecule has 2 heterocycles. The van der Waals surface area contributed by atoms with Crippen molar-refractivity contribution in [1.29, 1.82) is 0 Å². The van der Waals surface area contributed by atoms with Crippen molar-refractivity contribution in [3.63, 3.8) is 0 Å². The smallest absolute Gasteiger partial charge is 0.339 e. The van der Waals surface area contributed by atoms with Gasteiger partial charge in [0.15, 0.2) is 0 Å². The van der Waals surface area contributed by atoms with E-state index >= 15 is 0 Å². The molecule has 0 aromatic carbocycles. The van der Waals surface area contributed by atoms with Crippen LogP contribution in [0.3, 0.4) is 0 Å². The largest absolute Gasteiger partial charge is 0.454 e. The van der Waals surface area contributed by atoms with Crippen molar-refractivity contribution in [2.24, 2.45) is 23.2 Å². The summed E-state index contributed by atoms with van der Waals surface area (Å²) in [7, 11) is 0. The molecule has 0 aromatic heterocycles. The first-order valence-electron chi connectivity index (χ1n) is 11.2. The van der Waals surface area contributed by atoms with Crippen LogP contribution in [-0.2, 0) is 19.1 Å². The highest BCUT2D eigenvalue weighted by molar-refractivity contribution is 5.99. The van der Waals surface area contributed by atoms with Gasteiger partial charge in [0, 0.05) is 17.1 Å². The van der Waals surface area contributed by atoms with Crippen molar-refractivity contribution < 1.29 is 19.1 Å². The zero-order valence-electron chi connectivity index (χ0n) is 17.0. The second-order valence-electron chi connectivity index (χ2n) is 9.16. The molecule has 0 amide bonds. The van der Waals surface area contributed by atoms with Crippen molar-refractivity contribution in [2.45, 2.75) is 77.7 Å². The monoisotopic (exact) mass is 382 g/mol. The third-order valence-corrected chi connectivity index (χ3v) is 7.80. The predicted molar refractivity (Wildman–Crippen MR) is 105 cm³/mol. The van der Waals surface area contributed by atoms with E-state index in [0.29, 0.717) is 11.8 Å². The third kappa shape index (κ3) is 2.29. The van der Waals surface area contributed by atoms with Crippen LogP contribution in [0.4, 0.5) is 0 Å². The lowest BCUT2D eigenvalue weighted by atomic mass is 9.46. The summed E-state index contributed by atoms with van der Waals surface area (Å²) < 4.78 is 11.7. The highest BCUT2D eigenvalue weighted by atomic mass is 16.6. The first kappa shape index (κ1) is 18.2. The fourth-order valence-electron chi connectivity index (χ4n) is 6.63. The summed E-state index contributed by atoms with van der Waals surface area (Å²) >= 11 is 0. The number of unbranched alkanes of at least 4 members (excludes halogenated alkanes) is 2. The Hall–Kier alpha value is -1.84. The number of fused-ring (bicyclic) bond motifs is 1. The molecule has 5 atom stereocenters. The van der Waals surface area contributed by atoms with E-state index in [1.807, 2.05) is 0 Å². The quantitative estimate of drug-likeness (QED) is 0.628. The SMILES string of the molecule is CCC/C=C1\OC(=O)C2=CC3CC[C@]21C1C2=C(CCC31)C(CCCC)OC2=O. The molecule has 4 heteroatoms. The van der Waals surface area contributed by atoms with Gasteiger partial charge in [-0.15, -0.1) is 0 Å². The van der Waals surface area contributed by atoms with Crippen LogP contribution < -0.4 is 0 Å². The standard InChI is InChI=1S/C24H30O4/c1-3-5-7-18-16-10-9-15-14-11-12-24(21(15)20(16)23(26)27-18)17(13-14)22(25)28-19(24)8-6-4-2/h8,13-15,18,21H,3-7,9-12H2,1-2H3/b19-8-/t14?,15?,18?,21?,24-/m0/s1. The number of cyclic esters (lactones) is 2. The molecule has 4 aliphatic carbocycles. The number of hydrogen-bond acceptors (Lipinski definition) is 4. The molecular weight excluding hydrogens is 352 g/mol. The van der Waals surface area contributed by atoms with Crippen LogP contribution in [0.1, 0.15) is 71.6 Å². The van der Waals surface area contributed by atoms with Crippen LogP contribution in [0, 0.1) is 23.2 Å². The highest BCUT2D eigenvalue weighted by Gasteiger charge is 2.66. The molecule has 150 valence electrons. The summed E-state index contributed by atoms with van der Waals surface area (Å²) in [6.07, 6.45) is 13.3. The normalized spacial score (nSPS) is 39.5.